The minimum atomic E-state index is -6.05. The molecule has 12 heteroatoms. The van der Waals surface area contributed by atoms with Crippen molar-refractivity contribution in [2.24, 2.45) is 0 Å². The summed E-state index contributed by atoms with van der Waals surface area (Å²) in [5.41, 5.74) is -5.76. The third-order valence-corrected chi connectivity index (χ3v) is 3.07. The number of sulfonamides is 1. The van der Waals surface area contributed by atoms with Crippen LogP contribution < -0.4 is 18.9 Å². The average molecular weight is 254 g/mol. The number of nitrogens with zero attached hydrogens (tertiary/aromatic N) is 1. The Labute approximate surface area is 88.4 Å². The van der Waals surface area contributed by atoms with Crippen molar-refractivity contribution in [2.75, 3.05) is 0 Å². The molecule has 0 amide bonds. The number of halogens is 4. The van der Waals surface area contributed by atoms with Crippen molar-refractivity contribution in [3.8, 4) is 0 Å². The summed E-state index contributed by atoms with van der Waals surface area (Å²) < 4.78 is 74.9. The maximum absolute atomic E-state index is 11.4. The normalized spacial score (nSPS) is 13.5. The van der Waals surface area contributed by atoms with Crippen molar-refractivity contribution >= 4 is 29.9 Å². The Morgan fingerprint density at radius 2 is 1.38 bits per heavy atom. The van der Waals surface area contributed by atoms with Gasteiger partial charge in [-0.2, -0.15) is 13.2 Å². The van der Waals surface area contributed by atoms with Crippen LogP contribution >= 0.6 is 10.7 Å². The van der Waals surface area contributed by atoms with Crippen molar-refractivity contribution in [1.29, 1.82) is 0 Å². The van der Waals surface area contributed by atoms with Gasteiger partial charge in [0.15, 0.2) is 19.3 Å². The minimum absolute atomic E-state index is 0. The van der Waals surface area contributed by atoms with Gasteiger partial charge in [-0.3, -0.25) is 0 Å². The van der Waals surface area contributed by atoms with Gasteiger partial charge in [0.25, 0.3) is 0 Å². The molecule has 74 valence electrons. The Morgan fingerprint density at radius 1 is 1.08 bits per heavy atom. The van der Waals surface area contributed by atoms with Gasteiger partial charge in [0, 0.05) is 10.7 Å². The van der Waals surface area contributed by atoms with Crippen molar-refractivity contribution in [3.05, 3.63) is 4.13 Å². The van der Waals surface area contributed by atoms with Crippen LogP contribution in [0, 0.1) is 0 Å². The van der Waals surface area contributed by atoms with Gasteiger partial charge in [0.05, 0.1) is 0 Å². The van der Waals surface area contributed by atoms with Crippen LogP contribution in [0.4, 0.5) is 13.2 Å². The van der Waals surface area contributed by atoms with Crippen LogP contribution in [0.5, 0.6) is 0 Å². The third-order valence-electron chi connectivity index (χ3n) is 0.480. The van der Waals surface area contributed by atoms with Crippen molar-refractivity contribution in [1.82, 2.24) is 0 Å². The second kappa shape index (κ2) is 4.37. The maximum Gasteiger partial charge on any atom is 1.00 e. The summed E-state index contributed by atoms with van der Waals surface area (Å²) in [4.78, 5) is 0. The number of hydrogen-bond donors (Lipinski definition) is 0. The standard InChI is InChI=1S/CClF3NO4S2.Li/c2-12(9,10)6-11(7,8)1(3,4)5;/q-1;+1. The first-order valence-electron chi connectivity index (χ1n) is 1.96. The summed E-state index contributed by atoms with van der Waals surface area (Å²) in [5.74, 6) is 0. The van der Waals surface area contributed by atoms with Crippen LogP contribution in [0.2, 0.25) is 0 Å². The molecular formula is CClF3LiNO4S2. The predicted octanol–water partition coefficient (Wildman–Crippen LogP) is -2.30. The van der Waals surface area contributed by atoms with Crippen molar-refractivity contribution in [2.45, 2.75) is 5.51 Å². The smallest absolute Gasteiger partial charge is 0.415 e. The summed E-state index contributed by atoms with van der Waals surface area (Å²) >= 11 is 0. The number of alkyl halides is 3. The number of hydrogen-bond acceptors (Lipinski definition) is 4. The maximum atomic E-state index is 11.4. The molecule has 0 rings (SSSR count). The molecule has 0 aliphatic rings. The van der Waals surface area contributed by atoms with E-state index in [2.05, 4.69) is 10.7 Å². The molecule has 0 heterocycles. The zero-order chi connectivity index (χ0) is 10.2. The van der Waals surface area contributed by atoms with E-state index in [-0.39, 0.29) is 18.9 Å². The molecule has 0 aromatic heterocycles. The first kappa shape index (κ1) is 16.0. The first-order chi connectivity index (χ1) is 4.96. The fourth-order valence-electron chi connectivity index (χ4n) is 0.159. The fourth-order valence-corrected chi connectivity index (χ4v) is 2.10. The molecule has 0 fully saturated rings. The Kier molecular flexibility index (Phi) is 5.38. The fraction of sp³-hybridized carbons (Fsp3) is 1.00. The van der Waals surface area contributed by atoms with Gasteiger partial charge in [-0.15, -0.1) is 0 Å². The molecule has 0 aliphatic heterocycles. The minimum Gasteiger partial charge on any atom is -0.415 e. The summed E-state index contributed by atoms with van der Waals surface area (Å²) in [5, 5.41) is 0. The molecule has 13 heavy (non-hydrogen) atoms. The van der Waals surface area contributed by atoms with E-state index in [1.54, 1.807) is 0 Å². The molecule has 0 N–H and O–H groups in total. The van der Waals surface area contributed by atoms with Gasteiger partial charge in [-0.25, -0.2) is 16.8 Å². The van der Waals surface area contributed by atoms with Crippen LogP contribution in [0.25, 0.3) is 4.13 Å². The molecule has 0 aromatic rings. The van der Waals surface area contributed by atoms with Gasteiger partial charge in [-0.1, -0.05) is 0 Å². The monoisotopic (exact) mass is 253 g/mol. The van der Waals surface area contributed by atoms with Crippen LogP contribution in [-0.2, 0) is 19.3 Å². The largest absolute Gasteiger partial charge is 1.00 e. The molecule has 0 saturated carbocycles. The van der Waals surface area contributed by atoms with Gasteiger partial charge in [0.1, 0.15) is 0 Å². The predicted molar refractivity (Wildman–Crippen MR) is 33.1 cm³/mol. The van der Waals surface area contributed by atoms with E-state index in [1.165, 1.54) is 4.13 Å². The van der Waals surface area contributed by atoms with Gasteiger partial charge in [0.2, 0.25) is 0 Å². The Bertz CT molecular complexity index is 357. The molecule has 5 nitrogen and oxygen atoms in total. The van der Waals surface area contributed by atoms with E-state index >= 15 is 0 Å². The molecule has 0 aromatic carbocycles. The Balaban J connectivity index is 0. The van der Waals surface area contributed by atoms with Crippen LogP contribution in [0.15, 0.2) is 0 Å². The summed E-state index contributed by atoms with van der Waals surface area (Å²) in [6.07, 6.45) is 0. The molecule has 0 radical (unpaired) electrons. The van der Waals surface area contributed by atoms with Crippen LogP contribution in [0.1, 0.15) is 0 Å². The summed E-state index contributed by atoms with van der Waals surface area (Å²) in [6, 6.07) is 0. The zero-order valence-electron chi connectivity index (χ0n) is 5.91. The van der Waals surface area contributed by atoms with E-state index in [1.807, 2.05) is 0 Å². The quantitative estimate of drug-likeness (QED) is 0.409. The molecule has 0 atom stereocenters. The van der Waals surface area contributed by atoms with E-state index < -0.39 is 24.8 Å². The third kappa shape index (κ3) is 5.77. The van der Waals surface area contributed by atoms with Crippen molar-refractivity contribution in [3.63, 3.8) is 0 Å². The SMILES string of the molecule is O=S(=O)(Cl)[N-]S(=O)(=O)C(F)(F)F.[Li+]. The topological polar surface area (TPSA) is 82.4 Å². The van der Waals surface area contributed by atoms with Crippen LogP contribution in [-0.4, -0.2) is 22.3 Å². The van der Waals surface area contributed by atoms with Gasteiger partial charge < -0.3 is 4.13 Å². The van der Waals surface area contributed by atoms with E-state index in [0.717, 1.165) is 0 Å². The molecule has 0 unspecified atom stereocenters. The average Bonchev–Trinajstić information content (AvgIpc) is 1.52. The molecule has 0 spiro atoms. The molecule has 0 saturated heterocycles. The molecule has 0 bridgehead atoms. The zero-order valence-corrected chi connectivity index (χ0v) is 8.30. The van der Waals surface area contributed by atoms with Crippen LogP contribution in [0.3, 0.4) is 0 Å². The molecule has 0 aliphatic carbocycles. The van der Waals surface area contributed by atoms with Crippen molar-refractivity contribution < 1.29 is 48.9 Å². The van der Waals surface area contributed by atoms with E-state index in [9.17, 15) is 30.0 Å². The van der Waals surface area contributed by atoms with E-state index in [0.29, 0.717) is 0 Å². The Hall–Kier alpha value is 0.537. The molecular weight excluding hydrogens is 254 g/mol. The van der Waals surface area contributed by atoms with Gasteiger partial charge in [-0.05, 0) is 0 Å². The van der Waals surface area contributed by atoms with E-state index in [4.69, 9.17) is 0 Å². The first-order valence-corrected chi connectivity index (χ1v) is 5.66. The summed E-state index contributed by atoms with van der Waals surface area (Å²) in [6.45, 7) is 0. The second-order valence-corrected chi connectivity index (χ2v) is 5.41. The van der Waals surface area contributed by atoms with Gasteiger partial charge >= 0.3 is 24.4 Å². The Morgan fingerprint density at radius 3 is 1.46 bits per heavy atom. The second-order valence-electron chi connectivity index (χ2n) is 1.41. The summed E-state index contributed by atoms with van der Waals surface area (Å²) in [7, 11) is -6.98. The number of rotatable bonds is 2.